The van der Waals surface area contributed by atoms with Gasteiger partial charge < -0.3 is 15.2 Å². The molecule has 0 saturated carbocycles. The second-order valence-corrected chi connectivity index (χ2v) is 7.97. The first-order valence-electron chi connectivity index (χ1n) is 10.7. The molecule has 1 fully saturated rings. The van der Waals surface area contributed by atoms with Crippen molar-refractivity contribution in [2.45, 2.75) is 19.4 Å². The lowest BCUT2D eigenvalue weighted by Crippen LogP contribution is -2.40. The quantitative estimate of drug-likeness (QED) is 0.599. The number of hydrogen-bond acceptors (Lipinski definition) is 4. The molecular weight excluding hydrogens is 388 g/mol. The Kier molecular flexibility index (Phi) is 6.53. The van der Waals surface area contributed by atoms with Crippen LogP contribution in [0, 0.1) is 5.92 Å². The molecule has 1 aliphatic heterocycles. The third kappa shape index (κ3) is 5.06. The largest absolute Gasteiger partial charge is 0.508 e. The molecule has 3 aromatic rings. The van der Waals surface area contributed by atoms with Crippen LogP contribution in [0.2, 0.25) is 0 Å². The fraction of sp³-hybridized carbons (Fsp3) is 0.269. The molecular formula is C26H28N2O3. The van der Waals surface area contributed by atoms with Crippen LogP contribution in [0.25, 0.3) is 11.1 Å². The van der Waals surface area contributed by atoms with Crippen molar-refractivity contribution in [1.29, 1.82) is 0 Å². The highest BCUT2D eigenvalue weighted by Crippen LogP contribution is 2.30. The van der Waals surface area contributed by atoms with Crippen molar-refractivity contribution < 1.29 is 14.6 Å². The summed E-state index contributed by atoms with van der Waals surface area (Å²) in [6, 6.07) is 23.1. The van der Waals surface area contributed by atoms with E-state index >= 15 is 0 Å². The Morgan fingerprint density at radius 3 is 2.58 bits per heavy atom. The molecule has 160 valence electrons. The predicted molar refractivity (Wildman–Crippen MR) is 123 cm³/mol. The van der Waals surface area contributed by atoms with E-state index < -0.39 is 0 Å². The number of nitrogens with one attached hydrogen (secondary N) is 1. The van der Waals surface area contributed by atoms with E-state index in [2.05, 4.69) is 10.2 Å². The molecule has 31 heavy (non-hydrogen) atoms. The normalized spacial score (nSPS) is 16.6. The molecule has 2 N–H and O–H groups in total. The van der Waals surface area contributed by atoms with Crippen molar-refractivity contribution >= 4 is 11.6 Å². The van der Waals surface area contributed by atoms with Gasteiger partial charge in [0.2, 0.25) is 5.91 Å². The van der Waals surface area contributed by atoms with E-state index in [0.717, 1.165) is 47.5 Å². The van der Waals surface area contributed by atoms with Crippen LogP contribution in [0.3, 0.4) is 0 Å². The van der Waals surface area contributed by atoms with E-state index in [1.54, 1.807) is 13.2 Å². The number of rotatable bonds is 6. The molecule has 1 heterocycles. The van der Waals surface area contributed by atoms with Gasteiger partial charge in [-0.05, 0) is 49.2 Å². The van der Waals surface area contributed by atoms with E-state index in [9.17, 15) is 9.90 Å². The number of carbonyl (C=O) groups is 1. The lowest BCUT2D eigenvalue weighted by atomic mass is 9.96. The first-order valence-corrected chi connectivity index (χ1v) is 10.7. The minimum absolute atomic E-state index is 0.0444. The van der Waals surface area contributed by atoms with Crippen molar-refractivity contribution in [2.75, 3.05) is 25.5 Å². The van der Waals surface area contributed by atoms with Crippen molar-refractivity contribution in [3.63, 3.8) is 0 Å². The van der Waals surface area contributed by atoms with Crippen LogP contribution in [0.5, 0.6) is 11.5 Å². The molecule has 0 unspecified atom stereocenters. The maximum atomic E-state index is 13.1. The highest BCUT2D eigenvalue weighted by atomic mass is 16.5. The van der Waals surface area contributed by atoms with Gasteiger partial charge in [-0.15, -0.1) is 0 Å². The summed E-state index contributed by atoms with van der Waals surface area (Å²) in [4.78, 5) is 15.4. The summed E-state index contributed by atoms with van der Waals surface area (Å²) in [6.07, 6.45) is 1.83. The molecule has 3 aromatic carbocycles. The van der Waals surface area contributed by atoms with Gasteiger partial charge in [0, 0.05) is 29.9 Å². The van der Waals surface area contributed by atoms with Gasteiger partial charge in [-0.25, -0.2) is 0 Å². The highest BCUT2D eigenvalue weighted by Gasteiger charge is 2.26. The number of nitrogens with zero attached hydrogens (tertiary/aromatic N) is 1. The lowest BCUT2D eigenvalue weighted by Gasteiger charge is -2.32. The maximum Gasteiger partial charge on any atom is 0.228 e. The Hall–Kier alpha value is -3.31. The molecule has 0 aliphatic carbocycles. The highest BCUT2D eigenvalue weighted by molar-refractivity contribution is 5.97. The van der Waals surface area contributed by atoms with Crippen LogP contribution in [0.1, 0.15) is 18.4 Å². The van der Waals surface area contributed by atoms with Crippen molar-refractivity contribution in [3.05, 3.63) is 78.4 Å². The van der Waals surface area contributed by atoms with Crippen LogP contribution in [-0.2, 0) is 11.3 Å². The first-order chi connectivity index (χ1) is 15.1. The number of phenolic OH excluding ortho intramolecular Hbond substituents is 1. The zero-order valence-corrected chi connectivity index (χ0v) is 17.8. The number of hydrogen-bond donors (Lipinski definition) is 2. The van der Waals surface area contributed by atoms with Crippen LogP contribution in [0.15, 0.2) is 72.8 Å². The molecule has 5 nitrogen and oxygen atoms in total. The van der Waals surface area contributed by atoms with Gasteiger partial charge in [0.1, 0.15) is 11.5 Å². The Morgan fingerprint density at radius 1 is 1.06 bits per heavy atom. The van der Waals surface area contributed by atoms with Gasteiger partial charge in [-0.1, -0.05) is 48.5 Å². The smallest absolute Gasteiger partial charge is 0.228 e. The average molecular weight is 417 g/mol. The van der Waals surface area contributed by atoms with Crippen LogP contribution >= 0.6 is 0 Å². The molecule has 1 saturated heterocycles. The summed E-state index contributed by atoms with van der Waals surface area (Å²) >= 11 is 0. The van der Waals surface area contributed by atoms with Crippen molar-refractivity contribution in [2.24, 2.45) is 5.92 Å². The molecule has 1 aliphatic rings. The SMILES string of the molecule is COc1ccc(-c2ccccc2NC(=O)[C@H]2CCCN(Cc3ccccc3O)C2)cc1. The number of methoxy groups -OCH3 is 1. The van der Waals surface area contributed by atoms with E-state index in [-0.39, 0.29) is 11.8 Å². The molecule has 1 atom stereocenters. The molecule has 0 aromatic heterocycles. The number of amides is 1. The minimum atomic E-state index is -0.0801. The summed E-state index contributed by atoms with van der Waals surface area (Å²) < 4.78 is 5.25. The number of ether oxygens (including phenoxy) is 1. The molecule has 4 rings (SSSR count). The monoisotopic (exact) mass is 416 g/mol. The number of likely N-dealkylation sites (tertiary alicyclic amines) is 1. The minimum Gasteiger partial charge on any atom is -0.508 e. The Labute approximate surface area is 183 Å². The van der Waals surface area contributed by atoms with Gasteiger partial charge in [0.25, 0.3) is 0 Å². The standard InChI is InChI=1S/C26H28N2O3/c1-31-22-14-12-19(13-15-22)23-9-3-4-10-24(23)27-26(30)21-8-6-16-28(18-21)17-20-7-2-5-11-25(20)29/h2-5,7,9-15,21,29H,6,8,16-18H2,1H3,(H,27,30)/t21-/m0/s1. The Bertz CT molecular complexity index is 1030. The number of phenols is 1. The number of anilines is 1. The maximum absolute atomic E-state index is 13.1. The number of aromatic hydroxyl groups is 1. The summed E-state index contributed by atoms with van der Waals surface area (Å²) in [5.41, 5.74) is 3.73. The van der Waals surface area contributed by atoms with Crippen molar-refractivity contribution in [1.82, 2.24) is 4.90 Å². The molecule has 1 amide bonds. The fourth-order valence-electron chi connectivity index (χ4n) is 4.15. The molecule has 0 spiro atoms. The van der Waals surface area contributed by atoms with Crippen LogP contribution < -0.4 is 10.1 Å². The van der Waals surface area contributed by atoms with Crippen LogP contribution in [-0.4, -0.2) is 36.1 Å². The number of piperidine rings is 1. The number of benzene rings is 3. The second kappa shape index (κ2) is 9.67. The van der Waals surface area contributed by atoms with Gasteiger partial charge in [0.05, 0.1) is 13.0 Å². The van der Waals surface area contributed by atoms with E-state index in [1.807, 2.05) is 66.7 Å². The third-order valence-corrected chi connectivity index (χ3v) is 5.85. The van der Waals surface area contributed by atoms with Gasteiger partial charge >= 0.3 is 0 Å². The summed E-state index contributed by atoms with van der Waals surface area (Å²) in [5, 5.41) is 13.2. The molecule has 0 bridgehead atoms. The molecule has 0 radical (unpaired) electrons. The zero-order valence-electron chi connectivity index (χ0n) is 17.8. The topological polar surface area (TPSA) is 61.8 Å². The third-order valence-electron chi connectivity index (χ3n) is 5.85. The second-order valence-electron chi connectivity index (χ2n) is 7.97. The van der Waals surface area contributed by atoms with Gasteiger partial charge in [-0.2, -0.15) is 0 Å². The molecule has 5 heteroatoms. The average Bonchev–Trinajstić information content (AvgIpc) is 2.81. The van der Waals surface area contributed by atoms with E-state index in [0.29, 0.717) is 18.8 Å². The Balaban J connectivity index is 1.45. The zero-order chi connectivity index (χ0) is 21.6. The van der Waals surface area contributed by atoms with Gasteiger partial charge in [0.15, 0.2) is 0 Å². The van der Waals surface area contributed by atoms with E-state index in [1.165, 1.54) is 0 Å². The predicted octanol–water partition coefficient (Wildman–Crippen LogP) is 4.92. The fourth-order valence-corrected chi connectivity index (χ4v) is 4.15. The van der Waals surface area contributed by atoms with Crippen LogP contribution in [0.4, 0.5) is 5.69 Å². The summed E-state index contributed by atoms with van der Waals surface area (Å²) in [7, 11) is 1.65. The van der Waals surface area contributed by atoms with Gasteiger partial charge in [-0.3, -0.25) is 9.69 Å². The first kappa shape index (κ1) is 20.9. The number of para-hydroxylation sites is 2. The van der Waals surface area contributed by atoms with E-state index in [4.69, 9.17) is 4.74 Å². The van der Waals surface area contributed by atoms with Crippen molar-refractivity contribution in [3.8, 4) is 22.6 Å². The summed E-state index contributed by atoms with van der Waals surface area (Å²) in [5.74, 6) is 1.07. The number of carbonyl (C=O) groups excluding carboxylic acids is 1. The Morgan fingerprint density at radius 2 is 1.81 bits per heavy atom. The lowest BCUT2D eigenvalue weighted by molar-refractivity contribution is -0.121. The summed E-state index contributed by atoms with van der Waals surface area (Å²) in [6.45, 7) is 2.27.